The van der Waals surface area contributed by atoms with Gasteiger partial charge >= 0.3 is 0 Å². The molecule has 0 spiro atoms. The second-order valence-corrected chi connectivity index (χ2v) is 6.88. The zero-order valence-electron chi connectivity index (χ0n) is 12.0. The molecule has 1 atom stereocenters. The first kappa shape index (κ1) is 17.0. The molecule has 0 amide bonds. The summed E-state index contributed by atoms with van der Waals surface area (Å²) in [5, 5.41) is 0. The topological polar surface area (TPSA) is 85.1 Å². The molecule has 1 rings (SSSR count). The zero-order chi connectivity index (χ0) is 15.3. The molecule has 0 aromatic carbocycles. The molecule has 0 aliphatic rings. The number of thiocarbonyl (C=S) groups is 1. The minimum atomic E-state index is -3.56. The number of sulfonamides is 1. The van der Waals surface area contributed by atoms with Crippen LogP contribution in [0.5, 0.6) is 0 Å². The number of hydrogen-bond donors (Lipinski definition) is 2. The van der Waals surface area contributed by atoms with E-state index in [0.717, 1.165) is 12.8 Å². The van der Waals surface area contributed by atoms with Crippen molar-refractivity contribution < 1.29 is 8.42 Å². The quantitative estimate of drug-likeness (QED) is 0.750. The highest BCUT2D eigenvalue weighted by Gasteiger charge is 2.22. The molecule has 1 aromatic rings. The zero-order valence-corrected chi connectivity index (χ0v) is 13.6. The molecular weight excluding hydrogens is 294 g/mol. The van der Waals surface area contributed by atoms with E-state index in [9.17, 15) is 8.42 Å². The van der Waals surface area contributed by atoms with E-state index in [4.69, 9.17) is 18.0 Å². The van der Waals surface area contributed by atoms with E-state index in [2.05, 4.69) is 23.6 Å². The largest absolute Gasteiger partial charge is 0.388 e. The molecule has 20 heavy (non-hydrogen) atoms. The summed E-state index contributed by atoms with van der Waals surface area (Å²) in [6, 6.07) is 2.85. The Labute approximate surface area is 126 Å². The first-order valence-electron chi connectivity index (χ1n) is 6.60. The van der Waals surface area contributed by atoms with Crippen LogP contribution in [-0.4, -0.2) is 24.4 Å². The van der Waals surface area contributed by atoms with Gasteiger partial charge in [0.1, 0.15) is 9.88 Å². The summed E-state index contributed by atoms with van der Waals surface area (Å²) in [4.78, 5) is 4.22. The third-order valence-electron chi connectivity index (χ3n) is 3.40. The van der Waals surface area contributed by atoms with Gasteiger partial charge in [0, 0.05) is 12.2 Å². The van der Waals surface area contributed by atoms with Gasteiger partial charge in [-0.3, -0.25) is 4.98 Å². The van der Waals surface area contributed by atoms with Crippen LogP contribution < -0.4 is 10.5 Å². The van der Waals surface area contributed by atoms with Crippen LogP contribution in [0.1, 0.15) is 39.3 Å². The lowest BCUT2D eigenvalue weighted by atomic mass is 9.96. The van der Waals surface area contributed by atoms with Crippen molar-refractivity contribution in [1.29, 1.82) is 0 Å². The van der Waals surface area contributed by atoms with E-state index in [1.54, 1.807) is 0 Å². The fourth-order valence-electron chi connectivity index (χ4n) is 2.09. The maximum Gasteiger partial charge on any atom is 0.242 e. The number of rotatable bonds is 7. The van der Waals surface area contributed by atoms with E-state index >= 15 is 0 Å². The molecule has 1 aromatic heterocycles. The van der Waals surface area contributed by atoms with Crippen LogP contribution in [0.2, 0.25) is 0 Å². The lowest BCUT2D eigenvalue weighted by Gasteiger charge is -2.22. The average Bonchev–Trinajstić information content (AvgIpc) is 2.39. The first-order chi connectivity index (χ1) is 9.31. The van der Waals surface area contributed by atoms with Gasteiger partial charge in [-0.15, -0.1) is 0 Å². The van der Waals surface area contributed by atoms with Gasteiger partial charge in [-0.05, 0) is 25.0 Å². The van der Waals surface area contributed by atoms with Crippen LogP contribution in [0.15, 0.2) is 23.2 Å². The summed E-state index contributed by atoms with van der Waals surface area (Å²) < 4.78 is 27.2. The van der Waals surface area contributed by atoms with Gasteiger partial charge in [0.25, 0.3) is 0 Å². The number of aromatic nitrogens is 1. The number of hydrogen-bond acceptors (Lipinski definition) is 4. The molecule has 0 saturated carbocycles. The van der Waals surface area contributed by atoms with Gasteiger partial charge < -0.3 is 5.73 Å². The third-order valence-corrected chi connectivity index (χ3v) is 5.15. The summed E-state index contributed by atoms with van der Waals surface area (Å²) in [5.74, 6) is 0.314. The summed E-state index contributed by atoms with van der Waals surface area (Å²) in [6.45, 7) is 5.99. The van der Waals surface area contributed by atoms with Crippen LogP contribution in [-0.2, 0) is 10.0 Å². The van der Waals surface area contributed by atoms with Crippen LogP contribution in [0.4, 0.5) is 0 Å². The van der Waals surface area contributed by atoms with Crippen molar-refractivity contribution in [3.8, 4) is 0 Å². The van der Waals surface area contributed by atoms with Gasteiger partial charge in [-0.25, -0.2) is 13.1 Å². The van der Waals surface area contributed by atoms with Crippen molar-refractivity contribution in [3.63, 3.8) is 0 Å². The third kappa shape index (κ3) is 4.22. The maximum absolute atomic E-state index is 12.2. The predicted octanol–water partition coefficient (Wildman–Crippen LogP) is 1.82. The van der Waals surface area contributed by atoms with Gasteiger partial charge in [-0.1, -0.05) is 38.9 Å². The van der Waals surface area contributed by atoms with Crippen molar-refractivity contribution in [3.05, 3.63) is 24.0 Å². The minimum absolute atomic E-state index is 0.120. The molecule has 7 heteroatoms. The summed E-state index contributed by atoms with van der Waals surface area (Å²) in [6.07, 6.45) is 3.13. The monoisotopic (exact) mass is 315 g/mol. The van der Waals surface area contributed by atoms with Crippen LogP contribution in [0.25, 0.3) is 0 Å². The lowest BCUT2D eigenvalue weighted by molar-refractivity contribution is 0.390. The Morgan fingerprint density at radius 2 is 2.00 bits per heavy atom. The van der Waals surface area contributed by atoms with E-state index in [1.807, 2.05) is 6.92 Å². The molecule has 1 heterocycles. The van der Waals surface area contributed by atoms with Crippen molar-refractivity contribution >= 4 is 27.2 Å². The number of nitrogens with two attached hydrogens (primary N) is 1. The molecule has 0 aliphatic heterocycles. The highest BCUT2D eigenvalue weighted by atomic mass is 32.2. The molecule has 0 aliphatic carbocycles. The SMILES string of the molecule is CCC(CC)C(C)NS(=O)(=O)c1ccc(C(N)=S)nc1. The van der Waals surface area contributed by atoms with E-state index < -0.39 is 10.0 Å². The summed E-state index contributed by atoms with van der Waals surface area (Å²) >= 11 is 4.78. The van der Waals surface area contributed by atoms with Gasteiger partial charge in [0.15, 0.2) is 0 Å². The van der Waals surface area contributed by atoms with E-state index in [0.29, 0.717) is 11.6 Å². The minimum Gasteiger partial charge on any atom is -0.388 e. The average molecular weight is 315 g/mol. The fourth-order valence-corrected chi connectivity index (χ4v) is 3.47. The Morgan fingerprint density at radius 3 is 2.40 bits per heavy atom. The van der Waals surface area contributed by atoms with E-state index in [-0.39, 0.29) is 15.9 Å². The van der Waals surface area contributed by atoms with Crippen molar-refractivity contribution in [2.24, 2.45) is 11.7 Å². The Morgan fingerprint density at radius 1 is 1.40 bits per heavy atom. The Hall–Kier alpha value is -1.05. The Balaban J connectivity index is 2.91. The lowest BCUT2D eigenvalue weighted by Crippen LogP contribution is -2.37. The molecule has 112 valence electrons. The molecule has 3 N–H and O–H groups in total. The molecule has 1 unspecified atom stereocenters. The van der Waals surface area contributed by atoms with Crippen molar-refractivity contribution in [2.45, 2.75) is 44.6 Å². The Bertz CT molecular complexity index is 551. The number of pyridine rings is 1. The second-order valence-electron chi connectivity index (χ2n) is 4.73. The molecule has 5 nitrogen and oxygen atoms in total. The Kier molecular flexibility index (Phi) is 6.04. The van der Waals surface area contributed by atoms with Crippen LogP contribution >= 0.6 is 12.2 Å². The smallest absolute Gasteiger partial charge is 0.242 e. The number of nitrogens with one attached hydrogen (secondary N) is 1. The summed E-state index contributed by atoms with van der Waals surface area (Å²) in [5.41, 5.74) is 5.84. The van der Waals surface area contributed by atoms with Gasteiger partial charge in [0.2, 0.25) is 10.0 Å². The standard InChI is InChI=1S/C13H21N3O2S2/c1-4-10(5-2)9(3)16-20(17,18)11-6-7-12(13(14)19)15-8-11/h6-10,16H,4-5H2,1-3H3,(H2,14,19). The van der Waals surface area contributed by atoms with Gasteiger partial charge in [0.05, 0.1) is 5.69 Å². The number of nitrogens with zero attached hydrogens (tertiary/aromatic N) is 1. The van der Waals surface area contributed by atoms with Gasteiger partial charge in [-0.2, -0.15) is 0 Å². The highest BCUT2D eigenvalue weighted by molar-refractivity contribution is 7.89. The fraction of sp³-hybridized carbons (Fsp3) is 0.538. The molecule has 0 bridgehead atoms. The summed E-state index contributed by atoms with van der Waals surface area (Å²) in [7, 11) is -3.56. The molecular formula is C13H21N3O2S2. The molecule has 0 saturated heterocycles. The van der Waals surface area contributed by atoms with Crippen molar-refractivity contribution in [1.82, 2.24) is 9.71 Å². The van der Waals surface area contributed by atoms with Crippen LogP contribution in [0.3, 0.4) is 0 Å². The maximum atomic E-state index is 12.2. The van der Waals surface area contributed by atoms with Crippen LogP contribution in [0, 0.1) is 5.92 Å². The molecule has 0 radical (unpaired) electrons. The normalized spacial score (nSPS) is 13.4. The predicted molar refractivity (Wildman–Crippen MR) is 84.0 cm³/mol. The molecule has 0 fully saturated rings. The van der Waals surface area contributed by atoms with E-state index in [1.165, 1.54) is 18.3 Å². The second kappa shape index (κ2) is 7.10. The first-order valence-corrected chi connectivity index (χ1v) is 8.49. The van der Waals surface area contributed by atoms with Crippen molar-refractivity contribution in [2.75, 3.05) is 0 Å². The highest BCUT2D eigenvalue weighted by Crippen LogP contribution is 2.16.